The smallest absolute Gasteiger partial charge is 0.201 e. The summed E-state index contributed by atoms with van der Waals surface area (Å²) in [5, 5.41) is 0. The third-order valence-electron chi connectivity index (χ3n) is 7.84. The summed E-state index contributed by atoms with van der Waals surface area (Å²) in [6.45, 7) is 4.99. The van der Waals surface area contributed by atoms with Crippen molar-refractivity contribution in [2.75, 3.05) is 13.2 Å². The number of ether oxygens (including phenoxy) is 2. The van der Waals surface area contributed by atoms with Crippen molar-refractivity contribution in [2.24, 2.45) is 0 Å². The third-order valence-corrected chi connectivity index (χ3v) is 7.84. The van der Waals surface area contributed by atoms with Gasteiger partial charge in [0.1, 0.15) is 0 Å². The molecule has 1 aliphatic heterocycles. The van der Waals surface area contributed by atoms with Gasteiger partial charge in [-0.1, -0.05) is 88.8 Å². The lowest BCUT2D eigenvalue weighted by Gasteiger charge is -2.29. The average molecular weight is 557 g/mol. The van der Waals surface area contributed by atoms with Crippen molar-refractivity contribution in [3.63, 3.8) is 0 Å². The predicted octanol–water partition coefficient (Wildman–Crippen LogP) is 10.4. The van der Waals surface area contributed by atoms with Crippen LogP contribution in [0.1, 0.15) is 89.5 Å². The lowest BCUT2D eigenvalue weighted by atomic mass is 9.88. The molecule has 0 aliphatic carbocycles. The Morgan fingerprint density at radius 1 is 0.675 bits per heavy atom. The quantitative estimate of drug-likeness (QED) is 0.154. The minimum absolute atomic E-state index is 0.0802. The first-order valence-electron chi connectivity index (χ1n) is 14.8. The van der Waals surface area contributed by atoms with Crippen LogP contribution in [0.4, 0.5) is 17.6 Å². The van der Waals surface area contributed by atoms with E-state index in [1.807, 2.05) is 0 Å². The molecule has 1 fully saturated rings. The van der Waals surface area contributed by atoms with Gasteiger partial charge in [-0.15, -0.1) is 0 Å². The van der Waals surface area contributed by atoms with Crippen LogP contribution in [-0.4, -0.2) is 19.3 Å². The standard InChI is InChI=1S/C34H40F4O2/c1-3-5-6-7-8-9-21-39-30-20-19-28(33(37)34(30)38)24-13-11-23(12-14-24)27-17-18-29(32(36)31(27)35)25-15-16-26(10-4-2)40-22-25/h11-14,17-20,25-26H,3-10,15-16,21-22H2,1-2H3. The van der Waals surface area contributed by atoms with Crippen LogP contribution in [0.5, 0.6) is 5.75 Å². The molecule has 3 aromatic rings. The molecule has 2 nitrogen and oxygen atoms in total. The SMILES string of the molecule is CCCCCCCCOc1ccc(-c2ccc(-c3ccc(C4CCC(CCC)OC4)c(F)c3F)cc2)c(F)c1F. The highest BCUT2D eigenvalue weighted by molar-refractivity contribution is 5.72. The second-order valence-corrected chi connectivity index (χ2v) is 10.8. The van der Waals surface area contributed by atoms with Crippen molar-refractivity contribution in [3.8, 4) is 28.0 Å². The van der Waals surface area contributed by atoms with E-state index in [0.29, 0.717) is 29.9 Å². The number of benzene rings is 3. The van der Waals surface area contributed by atoms with Gasteiger partial charge in [0.25, 0.3) is 0 Å². The van der Waals surface area contributed by atoms with Crippen LogP contribution in [0.25, 0.3) is 22.3 Å². The predicted molar refractivity (Wildman–Crippen MR) is 153 cm³/mol. The molecule has 0 bridgehead atoms. The van der Waals surface area contributed by atoms with Gasteiger partial charge in [-0.25, -0.2) is 13.2 Å². The maximum absolute atomic E-state index is 15.2. The fourth-order valence-electron chi connectivity index (χ4n) is 5.46. The Morgan fingerprint density at radius 2 is 1.30 bits per heavy atom. The summed E-state index contributed by atoms with van der Waals surface area (Å²) in [5.41, 5.74) is 1.43. The highest BCUT2D eigenvalue weighted by atomic mass is 19.2. The van der Waals surface area contributed by atoms with E-state index in [4.69, 9.17) is 9.47 Å². The Kier molecular flexibility index (Phi) is 11.0. The van der Waals surface area contributed by atoms with Crippen molar-refractivity contribution < 1.29 is 27.0 Å². The van der Waals surface area contributed by atoms with E-state index in [2.05, 4.69) is 13.8 Å². The van der Waals surface area contributed by atoms with Crippen molar-refractivity contribution in [1.29, 1.82) is 0 Å². The Hall–Kier alpha value is -2.86. The Morgan fingerprint density at radius 3 is 1.93 bits per heavy atom. The second-order valence-electron chi connectivity index (χ2n) is 10.8. The molecule has 2 unspecified atom stereocenters. The van der Waals surface area contributed by atoms with Crippen molar-refractivity contribution in [3.05, 3.63) is 77.4 Å². The monoisotopic (exact) mass is 556 g/mol. The van der Waals surface area contributed by atoms with E-state index in [-0.39, 0.29) is 28.9 Å². The molecule has 4 rings (SSSR count). The molecule has 6 heteroatoms. The lowest BCUT2D eigenvalue weighted by molar-refractivity contribution is -0.00181. The summed E-state index contributed by atoms with van der Waals surface area (Å²) >= 11 is 0. The Bertz CT molecular complexity index is 1230. The molecule has 1 saturated heterocycles. The molecule has 2 atom stereocenters. The van der Waals surface area contributed by atoms with Crippen LogP contribution in [0.15, 0.2) is 48.5 Å². The van der Waals surface area contributed by atoms with E-state index < -0.39 is 23.3 Å². The molecule has 3 aromatic carbocycles. The molecule has 1 aliphatic rings. The number of halogens is 4. The van der Waals surface area contributed by atoms with E-state index in [0.717, 1.165) is 44.9 Å². The van der Waals surface area contributed by atoms with Crippen LogP contribution in [0.3, 0.4) is 0 Å². The van der Waals surface area contributed by atoms with Crippen LogP contribution < -0.4 is 4.74 Å². The van der Waals surface area contributed by atoms with Gasteiger partial charge in [0.05, 0.1) is 19.3 Å². The van der Waals surface area contributed by atoms with Gasteiger partial charge in [-0.3, -0.25) is 0 Å². The van der Waals surface area contributed by atoms with Gasteiger partial charge >= 0.3 is 0 Å². The molecule has 0 spiro atoms. The van der Waals surface area contributed by atoms with E-state index in [1.54, 1.807) is 36.4 Å². The van der Waals surface area contributed by atoms with Gasteiger partial charge in [0.2, 0.25) is 5.82 Å². The summed E-state index contributed by atoms with van der Waals surface area (Å²) in [6, 6.07) is 12.5. The molecule has 0 amide bonds. The van der Waals surface area contributed by atoms with Crippen molar-refractivity contribution >= 4 is 0 Å². The van der Waals surface area contributed by atoms with Gasteiger partial charge in [0, 0.05) is 17.0 Å². The molecular weight excluding hydrogens is 516 g/mol. The molecule has 216 valence electrons. The maximum atomic E-state index is 15.2. The summed E-state index contributed by atoms with van der Waals surface area (Å²) < 4.78 is 71.2. The molecule has 0 saturated carbocycles. The average Bonchev–Trinajstić information content (AvgIpc) is 2.97. The minimum Gasteiger partial charge on any atom is -0.490 e. The zero-order valence-electron chi connectivity index (χ0n) is 23.6. The minimum atomic E-state index is -1.02. The zero-order valence-corrected chi connectivity index (χ0v) is 23.6. The lowest BCUT2D eigenvalue weighted by Crippen LogP contribution is -2.25. The van der Waals surface area contributed by atoms with Crippen molar-refractivity contribution in [1.82, 2.24) is 0 Å². The van der Waals surface area contributed by atoms with Gasteiger partial charge < -0.3 is 9.47 Å². The zero-order chi connectivity index (χ0) is 28.5. The second kappa shape index (κ2) is 14.7. The first kappa shape index (κ1) is 30.1. The number of hydrogen-bond acceptors (Lipinski definition) is 2. The molecule has 0 radical (unpaired) electrons. The fourth-order valence-corrected chi connectivity index (χ4v) is 5.46. The van der Waals surface area contributed by atoms with Crippen LogP contribution in [-0.2, 0) is 4.74 Å². The van der Waals surface area contributed by atoms with Crippen LogP contribution in [0, 0.1) is 23.3 Å². The van der Waals surface area contributed by atoms with Gasteiger partial charge in [0.15, 0.2) is 23.2 Å². The van der Waals surface area contributed by atoms with E-state index in [9.17, 15) is 8.78 Å². The number of hydrogen-bond donors (Lipinski definition) is 0. The third kappa shape index (κ3) is 7.25. The molecule has 1 heterocycles. The Balaban J connectivity index is 1.42. The topological polar surface area (TPSA) is 18.5 Å². The number of rotatable bonds is 13. The van der Waals surface area contributed by atoms with E-state index >= 15 is 8.78 Å². The van der Waals surface area contributed by atoms with E-state index in [1.165, 1.54) is 31.4 Å². The molecule has 0 aromatic heterocycles. The summed E-state index contributed by atoms with van der Waals surface area (Å²) in [5.74, 6) is -4.06. The van der Waals surface area contributed by atoms with Crippen LogP contribution in [0.2, 0.25) is 0 Å². The first-order chi connectivity index (χ1) is 19.4. The molecule has 0 N–H and O–H groups in total. The molecular formula is C34H40F4O2. The van der Waals surface area contributed by atoms with Gasteiger partial charge in [-0.05, 0) is 54.5 Å². The first-order valence-corrected chi connectivity index (χ1v) is 14.8. The normalized spacial score (nSPS) is 17.2. The van der Waals surface area contributed by atoms with Crippen LogP contribution >= 0.6 is 0 Å². The highest BCUT2D eigenvalue weighted by Gasteiger charge is 2.27. The summed E-state index contributed by atoms with van der Waals surface area (Å²) in [4.78, 5) is 0. The molecule has 40 heavy (non-hydrogen) atoms. The van der Waals surface area contributed by atoms with Crippen molar-refractivity contribution in [2.45, 2.75) is 90.1 Å². The fraction of sp³-hybridized carbons (Fsp3) is 0.471. The highest BCUT2D eigenvalue weighted by Crippen LogP contribution is 2.36. The summed E-state index contributed by atoms with van der Waals surface area (Å²) in [7, 11) is 0. The largest absolute Gasteiger partial charge is 0.490 e. The maximum Gasteiger partial charge on any atom is 0.201 e. The van der Waals surface area contributed by atoms with Gasteiger partial charge in [-0.2, -0.15) is 4.39 Å². The Labute approximate surface area is 235 Å². The summed E-state index contributed by atoms with van der Waals surface area (Å²) in [6.07, 6.45) is 10.3. The number of unbranched alkanes of at least 4 members (excludes halogenated alkanes) is 5.